The molecule has 1 aromatic heterocycles. The molecule has 7 heteroatoms. The van der Waals surface area contributed by atoms with Crippen molar-refractivity contribution in [3.63, 3.8) is 0 Å². The van der Waals surface area contributed by atoms with Crippen LogP contribution in [0.3, 0.4) is 0 Å². The van der Waals surface area contributed by atoms with Crippen molar-refractivity contribution in [2.75, 3.05) is 13.1 Å². The summed E-state index contributed by atoms with van der Waals surface area (Å²) in [5.41, 5.74) is 1.07. The zero-order chi connectivity index (χ0) is 15.8. The molecule has 1 aromatic carbocycles. The van der Waals surface area contributed by atoms with Crippen LogP contribution < -0.4 is 10.6 Å². The van der Waals surface area contributed by atoms with Gasteiger partial charge in [-0.1, -0.05) is 17.3 Å². The van der Waals surface area contributed by atoms with Gasteiger partial charge in [-0.25, -0.2) is 9.38 Å². The zero-order valence-corrected chi connectivity index (χ0v) is 12.8. The summed E-state index contributed by atoms with van der Waals surface area (Å²) in [5.74, 6) is 1.54. The molecule has 0 saturated carbocycles. The van der Waals surface area contributed by atoms with Gasteiger partial charge < -0.3 is 15.2 Å². The quantitative estimate of drug-likeness (QED) is 0.629. The summed E-state index contributed by atoms with van der Waals surface area (Å²) in [6.07, 6.45) is 0.782. The number of nitrogens with one attached hydrogen (secondary N) is 2. The van der Waals surface area contributed by atoms with E-state index in [4.69, 9.17) is 4.52 Å². The van der Waals surface area contributed by atoms with Crippen molar-refractivity contribution in [2.24, 2.45) is 4.99 Å². The highest BCUT2D eigenvalue weighted by Crippen LogP contribution is 2.02. The van der Waals surface area contributed by atoms with E-state index in [1.54, 1.807) is 19.1 Å². The Balaban J connectivity index is 1.84. The minimum atomic E-state index is -0.221. The van der Waals surface area contributed by atoms with Gasteiger partial charge in [-0.15, -0.1) is 0 Å². The van der Waals surface area contributed by atoms with E-state index < -0.39 is 0 Å². The maximum Gasteiger partial charge on any atom is 0.248 e. The van der Waals surface area contributed by atoms with Crippen LogP contribution in [-0.2, 0) is 13.0 Å². The van der Waals surface area contributed by atoms with E-state index in [-0.39, 0.29) is 5.82 Å². The molecule has 1 heterocycles. The van der Waals surface area contributed by atoms with Crippen LogP contribution in [0.5, 0.6) is 0 Å². The largest absolute Gasteiger partial charge is 0.357 e. The van der Waals surface area contributed by atoms with Gasteiger partial charge in [-0.3, -0.25) is 0 Å². The highest BCUT2D eigenvalue weighted by atomic mass is 19.1. The second kappa shape index (κ2) is 8.11. The number of halogens is 1. The first-order valence-electron chi connectivity index (χ1n) is 7.23. The van der Waals surface area contributed by atoms with Crippen molar-refractivity contribution in [3.8, 4) is 0 Å². The van der Waals surface area contributed by atoms with Gasteiger partial charge in [0.05, 0.1) is 0 Å². The van der Waals surface area contributed by atoms with Gasteiger partial charge >= 0.3 is 0 Å². The van der Waals surface area contributed by atoms with E-state index in [1.807, 2.05) is 6.92 Å². The summed E-state index contributed by atoms with van der Waals surface area (Å²) in [4.78, 5) is 8.48. The maximum absolute atomic E-state index is 12.8. The number of nitrogens with zero attached hydrogens (tertiary/aromatic N) is 3. The van der Waals surface area contributed by atoms with Gasteiger partial charge in [0.15, 0.2) is 11.8 Å². The van der Waals surface area contributed by atoms with Crippen LogP contribution in [0.4, 0.5) is 4.39 Å². The Kier molecular flexibility index (Phi) is 5.88. The summed E-state index contributed by atoms with van der Waals surface area (Å²) in [5, 5.41) is 10.1. The molecule has 0 aliphatic carbocycles. The summed E-state index contributed by atoms with van der Waals surface area (Å²) in [6, 6.07) is 6.49. The van der Waals surface area contributed by atoms with Crippen LogP contribution in [0.2, 0.25) is 0 Å². The molecule has 0 aliphatic heterocycles. The molecule has 0 spiro atoms. The molecule has 2 N–H and O–H groups in total. The fourth-order valence-electron chi connectivity index (χ4n) is 1.87. The number of aliphatic imine (C=N–C) groups is 1. The van der Waals surface area contributed by atoms with E-state index in [2.05, 4.69) is 25.8 Å². The Morgan fingerprint density at radius 2 is 2.05 bits per heavy atom. The zero-order valence-electron chi connectivity index (χ0n) is 12.8. The van der Waals surface area contributed by atoms with Crippen LogP contribution in [0.1, 0.15) is 24.2 Å². The SMILES string of the molecule is CCNC(=NCc1nc(C)no1)NCCc1ccc(F)cc1. The molecule has 118 valence electrons. The Morgan fingerprint density at radius 3 is 2.68 bits per heavy atom. The normalized spacial score (nSPS) is 11.5. The maximum atomic E-state index is 12.8. The number of guanidine groups is 1. The summed E-state index contributed by atoms with van der Waals surface area (Å²) in [7, 11) is 0. The second-order valence-electron chi connectivity index (χ2n) is 4.73. The average Bonchev–Trinajstić information content (AvgIpc) is 2.92. The molecule has 0 unspecified atom stereocenters. The van der Waals surface area contributed by atoms with Crippen LogP contribution >= 0.6 is 0 Å². The van der Waals surface area contributed by atoms with Gasteiger partial charge in [0, 0.05) is 13.1 Å². The minimum Gasteiger partial charge on any atom is -0.357 e. The third-order valence-electron chi connectivity index (χ3n) is 2.91. The molecule has 0 aliphatic rings. The molecular formula is C15H20FN5O. The lowest BCUT2D eigenvalue weighted by Gasteiger charge is -2.10. The number of rotatable bonds is 6. The topological polar surface area (TPSA) is 75.3 Å². The number of hydrogen-bond donors (Lipinski definition) is 2. The Bertz CT molecular complexity index is 609. The average molecular weight is 305 g/mol. The second-order valence-corrected chi connectivity index (χ2v) is 4.73. The summed E-state index contributed by atoms with van der Waals surface area (Å²) < 4.78 is 17.9. The fourth-order valence-corrected chi connectivity index (χ4v) is 1.87. The predicted molar refractivity (Wildman–Crippen MR) is 82.0 cm³/mol. The number of hydrogen-bond acceptors (Lipinski definition) is 4. The van der Waals surface area contributed by atoms with E-state index >= 15 is 0 Å². The fraction of sp³-hybridized carbons (Fsp3) is 0.400. The lowest BCUT2D eigenvalue weighted by atomic mass is 10.1. The van der Waals surface area contributed by atoms with E-state index in [0.29, 0.717) is 30.8 Å². The van der Waals surface area contributed by atoms with Crippen molar-refractivity contribution in [2.45, 2.75) is 26.8 Å². The lowest BCUT2D eigenvalue weighted by molar-refractivity contribution is 0.376. The first-order chi connectivity index (χ1) is 10.7. The third-order valence-corrected chi connectivity index (χ3v) is 2.91. The van der Waals surface area contributed by atoms with Crippen molar-refractivity contribution >= 4 is 5.96 Å². The van der Waals surface area contributed by atoms with Crippen molar-refractivity contribution in [3.05, 3.63) is 47.4 Å². The number of benzene rings is 1. The Hall–Kier alpha value is -2.44. The molecule has 0 fully saturated rings. The molecule has 0 radical (unpaired) electrons. The molecule has 0 atom stereocenters. The van der Waals surface area contributed by atoms with Gasteiger partial charge in [0.25, 0.3) is 0 Å². The molecule has 6 nitrogen and oxygen atoms in total. The van der Waals surface area contributed by atoms with Crippen molar-refractivity contribution in [1.82, 2.24) is 20.8 Å². The summed E-state index contributed by atoms with van der Waals surface area (Å²) >= 11 is 0. The van der Waals surface area contributed by atoms with E-state index in [0.717, 1.165) is 18.5 Å². The number of aromatic nitrogens is 2. The first kappa shape index (κ1) is 15.9. The van der Waals surface area contributed by atoms with Gasteiger partial charge in [0.1, 0.15) is 12.4 Å². The molecular weight excluding hydrogens is 285 g/mol. The van der Waals surface area contributed by atoms with Crippen LogP contribution in [0, 0.1) is 12.7 Å². The van der Waals surface area contributed by atoms with Crippen LogP contribution in [0.15, 0.2) is 33.8 Å². The Labute approximate surface area is 128 Å². The van der Waals surface area contributed by atoms with Crippen LogP contribution in [0.25, 0.3) is 0 Å². The first-order valence-corrected chi connectivity index (χ1v) is 7.23. The van der Waals surface area contributed by atoms with E-state index in [1.165, 1.54) is 12.1 Å². The van der Waals surface area contributed by atoms with Crippen LogP contribution in [-0.4, -0.2) is 29.2 Å². The summed E-state index contributed by atoms with van der Waals surface area (Å²) in [6.45, 7) is 5.54. The molecule has 0 bridgehead atoms. The highest BCUT2D eigenvalue weighted by Gasteiger charge is 2.03. The number of aryl methyl sites for hydroxylation is 1. The van der Waals surface area contributed by atoms with Gasteiger partial charge in [0.2, 0.25) is 5.89 Å². The molecule has 2 aromatic rings. The molecule has 0 saturated heterocycles. The monoisotopic (exact) mass is 305 g/mol. The molecule has 0 amide bonds. The molecule has 2 rings (SSSR count). The minimum absolute atomic E-state index is 0.221. The van der Waals surface area contributed by atoms with E-state index in [9.17, 15) is 4.39 Å². The third kappa shape index (κ3) is 5.16. The highest BCUT2D eigenvalue weighted by molar-refractivity contribution is 5.79. The smallest absolute Gasteiger partial charge is 0.248 e. The van der Waals surface area contributed by atoms with Crippen molar-refractivity contribution < 1.29 is 8.91 Å². The van der Waals surface area contributed by atoms with Crippen molar-refractivity contribution in [1.29, 1.82) is 0 Å². The van der Waals surface area contributed by atoms with Gasteiger partial charge in [-0.05, 0) is 38.0 Å². The standard InChI is InChI=1S/C15H20FN5O/c1-3-17-15(19-10-14-20-11(2)21-22-14)18-9-8-12-4-6-13(16)7-5-12/h4-7H,3,8-10H2,1-2H3,(H2,17,18,19). The van der Waals surface area contributed by atoms with Gasteiger partial charge in [-0.2, -0.15) is 4.98 Å². The lowest BCUT2D eigenvalue weighted by Crippen LogP contribution is -2.38. The Morgan fingerprint density at radius 1 is 1.27 bits per heavy atom. The predicted octanol–water partition coefficient (Wildman–Crippen LogP) is 1.81. The molecule has 22 heavy (non-hydrogen) atoms.